The summed E-state index contributed by atoms with van der Waals surface area (Å²) in [4.78, 5) is 0. The van der Waals surface area contributed by atoms with Gasteiger partial charge in [0.05, 0.1) is 7.11 Å². The van der Waals surface area contributed by atoms with Crippen molar-refractivity contribution in [1.29, 1.82) is 0 Å². The van der Waals surface area contributed by atoms with Crippen LogP contribution < -0.4 is 10.1 Å². The maximum Gasteiger partial charge on any atom is 0.124 e. The van der Waals surface area contributed by atoms with Crippen LogP contribution in [0.3, 0.4) is 0 Å². The molecule has 0 spiro atoms. The lowest BCUT2D eigenvalue weighted by atomic mass is 10.2. The molecule has 0 aliphatic rings. The summed E-state index contributed by atoms with van der Waals surface area (Å²) in [6, 6.07) is 13.1. The van der Waals surface area contributed by atoms with Crippen molar-refractivity contribution in [2.45, 2.75) is 6.54 Å². The third-order valence-electron chi connectivity index (χ3n) is 2.64. The van der Waals surface area contributed by atoms with Crippen molar-refractivity contribution in [3.63, 3.8) is 0 Å². The number of rotatable bonds is 4. The number of benzene rings is 2. The Morgan fingerprint density at radius 1 is 1.22 bits per heavy atom. The fraction of sp³-hybridized carbons (Fsp3) is 0.143. The van der Waals surface area contributed by atoms with E-state index in [1.54, 1.807) is 13.2 Å². The summed E-state index contributed by atoms with van der Waals surface area (Å²) >= 11 is 3.47. The fourth-order valence-electron chi connectivity index (χ4n) is 1.62. The topological polar surface area (TPSA) is 41.5 Å². The van der Waals surface area contributed by atoms with E-state index in [-0.39, 0.29) is 5.75 Å². The molecular weight excluding hydrogens is 294 g/mol. The van der Waals surface area contributed by atoms with Crippen LogP contribution in [0.5, 0.6) is 11.5 Å². The van der Waals surface area contributed by atoms with Crippen LogP contribution in [0.1, 0.15) is 5.56 Å². The predicted molar refractivity (Wildman–Crippen MR) is 76.1 cm³/mol. The smallest absolute Gasteiger partial charge is 0.124 e. The molecule has 0 saturated heterocycles. The van der Waals surface area contributed by atoms with Crippen LogP contribution in [-0.4, -0.2) is 12.2 Å². The molecular formula is C14H14BrNO2. The van der Waals surface area contributed by atoms with Crippen molar-refractivity contribution in [2.24, 2.45) is 0 Å². The minimum absolute atomic E-state index is 0.230. The summed E-state index contributed by atoms with van der Waals surface area (Å²) in [6.45, 7) is 0.554. The maximum atomic E-state index is 9.84. The Morgan fingerprint density at radius 3 is 2.67 bits per heavy atom. The van der Waals surface area contributed by atoms with Crippen molar-refractivity contribution in [1.82, 2.24) is 0 Å². The average Bonchev–Trinajstić information content (AvgIpc) is 2.39. The van der Waals surface area contributed by atoms with Gasteiger partial charge >= 0.3 is 0 Å². The predicted octanol–water partition coefficient (Wildman–Crippen LogP) is 3.78. The Kier molecular flexibility index (Phi) is 4.10. The normalized spacial score (nSPS) is 10.1. The zero-order chi connectivity index (χ0) is 13.0. The van der Waals surface area contributed by atoms with E-state index >= 15 is 0 Å². The van der Waals surface area contributed by atoms with Gasteiger partial charge in [-0.3, -0.25) is 0 Å². The van der Waals surface area contributed by atoms with Gasteiger partial charge in [0, 0.05) is 28.3 Å². The molecule has 0 aliphatic carbocycles. The van der Waals surface area contributed by atoms with Crippen molar-refractivity contribution >= 4 is 21.6 Å². The van der Waals surface area contributed by atoms with E-state index in [9.17, 15) is 5.11 Å². The summed E-state index contributed by atoms with van der Waals surface area (Å²) in [6.07, 6.45) is 0. The third kappa shape index (κ3) is 2.96. The Hall–Kier alpha value is -1.68. The lowest BCUT2D eigenvalue weighted by molar-refractivity contribution is 0.406. The quantitative estimate of drug-likeness (QED) is 0.903. The molecule has 0 aliphatic heterocycles. The van der Waals surface area contributed by atoms with Gasteiger partial charge in [-0.15, -0.1) is 0 Å². The number of nitrogens with one attached hydrogen (secondary N) is 1. The summed E-state index contributed by atoms with van der Waals surface area (Å²) in [7, 11) is 1.58. The lowest BCUT2D eigenvalue weighted by Gasteiger charge is -2.10. The number of para-hydroxylation sites is 1. The highest BCUT2D eigenvalue weighted by Gasteiger charge is 2.04. The van der Waals surface area contributed by atoms with Gasteiger partial charge in [0.2, 0.25) is 0 Å². The van der Waals surface area contributed by atoms with E-state index in [0.29, 0.717) is 12.3 Å². The van der Waals surface area contributed by atoms with Gasteiger partial charge in [0.15, 0.2) is 0 Å². The van der Waals surface area contributed by atoms with Crippen LogP contribution in [-0.2, 0) is 6.54 Å². The minimum Gasteiger partial charge on any atom is -0.507 e. The maximum absolute atomic E-state index is 9.84. The first-order valence-corrected chi connectivity index (χ1v) is 6.34. The van der Waals surface area contributed by atoms with Crippen molar-refractivity contribution < 1.29 is 9.84 Å². The molecule has 18 heavy (non-hydrogen) atoms. The molecule has 0 heterocycles. The van der Waals surface area contributed by atoms with E-state index in [0.717, 1.165) is 15.7 Å². The Morgan fingerprint density at radius 2 is 2.00 bits per heavy atom. The molecule has 2 rings (SSSR count). The zero-order valence-corrected chi connectivity index (χ0v) is 11.6. The second kappa shape index (κ2) is 5.78. The van der Waals surface area contributed by atoms with Gasteiger partial charge in [-0.25, -0.2) is 0 Å². The van der Waals surface area contributed by atoms with Crippen LogP contribution in [0.25, 0.3) is 0 Å². The first kappa shape index (κ1) is 12.8. The third-order valence-corrected chi connectivity index (χ3v) is 3.33. The molecule has 0 atom stereocenters. The highest BCUT2D eigenvalue weighted by molar-refractivity contribution is 9.10. The van der Waals surface area contributed by atoms with Crippen molar-refractivity contribution in [3.8, 4) is 11.5 Å². The molecule has 0 unspecified atom stereocenters. The second-order valence-electron chi connectivity index (χ2n) is 3.83. The summed E-state index contributed by atoms with van der Waals surface area (Å²) in [5.41, 5.74) is 1.82. The van der Waals surface area contributed by atoms with E-state index in [2.05, 4.69) is 21.2 Å². The molecule has 0 radical (unpaired) electrons. The van der Waals surface area contributed by atoms with E-state index in [1.165, 1.54) is 0 Å². The summed E-state index contributed by atoms with van der Waals surface area (Å²) in [5.74, 6) is 0.881. The molecule has 0 fully saturated rings. The molecule has 0 saturated carbocycles. The van der Waals surface area contributed by atoms with Gasteiger partial charge in [0.25, 0.3) is 0 Å². The van der Waals surface area contributed by atoms with E-state index < -0.39 is 0 Å². The Balaban J connectivity index is 2.09. The zero-order valence-electron chi connectivity index (χ0n) is 9.98. The first-order chi connectivity index (χ1) is 8.70. The van der Waals surface area contributed by atoms with Gasteiger partial charge < -0.3 is 15.2 Å². The highest BCUT2D eigenvalue weighted by Crippen LogP contribution is 2.26. The van der Waals surface area contributed by atoms with Crippen LogP contribution in [0, 0.1) is 0 Å². The molecule has 2 aromatic rings. The molecule has 0 aromatic heterocycles. The molecule has 4 heteroatoms. The van der Waals surface area contributed by atoms with Crippen LogP contribution in [0.15, 0.2) is 46.9 Å². The monoisotopic (exact) mass is 307 g/mol. The fourth-order valence-corrected chi connectivity index (χ4v) is 2.04. The van der Waals surface area contributed by atoms with E-state index in [4.69, 9.17) is 4.74 Å². The minimum atomic E-state index is 0.230. The number of ether oxygens (including phenoxy) is 1. The number of halogens is 1. The standard InChI is InChI=1S/C14H14BrNO2/c1-18-11-7-6-10(14(17)8-11)9-16-13-5-3-2-4-12(13)15/h2-8,16-17H,9H2,1H3. The summed E-state index contributed by atoms with van der Waals surface area (Å²) < 4.78 is 6.04. The summed E-state index contributed by atoms with van der Waals surface area (Å²) in [5, 5.41) is 13.1. The second-order valence-corrected chi connectivity index (χ2v) is 4.68. The molecule has 94 valence electrons. The van der Waals surface area contributed by atoms with Gasteiger partial charge in [-0.05, 0) is 40.2 Å². The average molecular weight is 308 g/mol. The molecule has 2 aromatic carbocycles. The van der Waals surface area contributed by atoms with Crippen LogP contribution in [0.4, 0.5) is 5.69 Å². The molecule has 3 nitrogen and oxygen atoms in total. The number of aromatic hydroxyl groups is 1. The van der Waals surface area contributed by atoms with Crippen molar-refractivity contribution in [3.05, 3.63) is 52.5 Å². The molecule has 2 N–H and O–H groups in total. The number of hydrogen-bond donors (Lipinski definition) is 2. The number of hydrogen-bond acceptors (Lipinski definition) is 3. The largest absolute Gasteiger partial charge is 0.507 e. The molecule has 0 bridgehead atoms. The first-order valence-electron chi connectivity index (χ1n) is 5.55. The van der Waals surface area contributed by atoms with Gasteiger partial charge in [-0.1, -0.05) is 12.1 Å². The van der Waals surface area contributed by atoms with E-state index in [1.807, 2.05) is 36.4 Å². The van der Waals surface area contributed by atoms with Gasteiger partial charge in [0.1, 0.15) is 11.5 Å². The Bertz CT molecular complexity index is 543. The Labute approximate surface area is 115 Å². The molecule has 0 amide bonds. The number of phenols is 1. The van der Waals surface area contributed by atoms with Crippen LogP contribution in [0.2, 0.25) is 0 Å². The lowest BCUT2D eigenvalue weighted by Crippen LogP contribution is -2.00. The van der Waals surface area contributed by atoms with Gasteiger partial charge in [-0.2, -0.15) is 0 Å². The highest BCUT2D eigenvalue weighted by atomic mass is 79.9. The number of methoxy groups -OCH3 is 1. The number of anilines is 1. The number of phenolic OH excluding ortho intramolecular Hbond substituents is 1. The SMILES string of the molecule is COc1ccc(CNc2ccccc2Br)c(O)c1. The van der Waals surface area contributed by atoms with Crippen molar-refractivity contribution in [2.75, 3.05) is 12.4 Å². The van der Waals surface area contributed by atoms with Crippen LogP contribution >= 0.6 is 15.9 Å².